The Morgan fingerprint density at radius 1 is 1.47 bits per heavy atom. The van der Waals surface area contributed by atoms with Gasteiger partial charge in [-0.3, -0.25) is 0 Å². The first-order chi connectivity index (χ1) is 8.93. The number of nitrogens with two attached hydrogens (primary N) is 1. The number of sulfonamides is 1. The highest BCUT2D eigenvalue weighted by Gasteiger charge is 2.33. The van der Waals surface area contributed by atoms with Crippen LogP contribution in [0.4, 0.5) is 0 Å². The largest absolute Gasteiger partial charge is 0.505 e. The lowest BCUT2D eigenvalue weighted by atomic mass is 10.1. The average molecular weight is 287 g/mol. The standard InChI is InChI=1S/C11H17N3O4S/c12-8-3-2-6-14(7-10(8)16)19(17,18)11-9(15)4-1-5-13-11/h1,4-5,8,10,15-16H,2-3,6-7,12H2. The fraction of sp³-hybridized carbons (Fsp3) is 0.545. The van der Waals surface area contributed by atoms with Crippen LogP contribution >= 0.6 is 0 Å². The summed E-state index contributed by atoms with van der Waals surface area (Å²) in [6.07, 6.45) is 1.50. The van der Waals surface area contributed by atoms with Crippen LogP contribution in [0.25, 0.3) is 0 Å². The maximum Gasteiger partial charge on any atom is 0.264 e. The molecule has 19 heavy (non-hydrogen) atoms. The molecule has 1 aliphatic heterocycles. The number of aromatic nitrogens is 1. The van der Waals surface area contributed by atoms with Crippen molar-refractivity contribution in [3.63, 3.8) is 0 Å². The zero-order valence-corrected chi connectivity index (χ0v) is 11.1. The van der Waals surface area contributed by atoms with Crippen molar-refractivity contribution in [3.8, 4) is 5.75 Å². The zero-order valence-electron chi connectivity index (χ0n) is 10.3. The van der Waals surface area contributed by atoms with Gasteiger partial charge in [0.05, 0.1) is 6.10 Å². The molecule has 1 aliphatic rings. The molecule has 2 heterocycles. The molecule has 1 saturated heterocycles. The Balaban J connectivity index is 2.32. The summed E-state index contributed by atoms with van der Waals surface area (Å²) in [6.45, 7) is 0.169. The monoisotopic (exact) mass is 287 g/mol. The summed E-state index contributed by atoms with van der Waals surface area (Å²) in [7, 11) is -3.92. The summed E-state index contributed by atoms with van der Waals surface area (Å²) >= 11 is 0. The minimum atomic E-state index is -3.92. The predicted molar refractivity (Wildman–Crippen MR) is 67.9 cm³/mol. The van der Waals surface area contributed by atoms with Crippen molar-refractivity contribution < 1.29 is 18.6 Å². The number of hydrogen-bond acceptors (Lipinski definition) is 6. The van der Waals surface area contributed by atoms with E-state index in [4.69, 9.17) is 5.73 Å². The van der Waals surface area contributed by atoms with E-state index < -0.39 is 32.9 Å². The first-order valence-electron chi connectivity index (χ1n) is 6.00. The summed E-state index contributed by atoms with van der Waals surface area (Å²) in [5.41, 5.74) is 5.72. The quantitative estimate of drug-likeness (QED) is 0.659. The SMILES string of the molecule is NC1CCCN(S(=O)(=O)c2ncccc2O)CC1O. The number of aliphatic hydroxyl groups excluding tert-OH is 1. The Kier molecular flexibility index (Phi) is 4.04. The van der Waals surface area contributed by atoms with Crippen molar-refractivity contribution in [2.45, 2.75) is 30.0 Å². The zero-order chi connectivity index (χ0) is 14.0. The molecule has 0 amide bonds. The molecular weight excluding hydrogens is 270 g/mol. The fourth-order valence-electron chi connectivity index (χ4n) is 2.05. The maximum atomic E-state index is 12.4. The normalized spacial score (nSPS) is 26.0. The Morgan fingerprint density at radius 3 is 2.89 bits per heavy atom. The lowest BCUT2D eigenvalue weighted by Gasteiger charge is -2.22. The minimum Gasteiger partial charge on any atom is -0.505 e. The highest BCUT2D eigenvalue weighted by molar-refractivity contribution is 7.89. The molecule has 0 saturated carbocycles. The number of pyridine rings is 1. The van der Waals surface area contributed by atoms with Gasteiger partial charge in [-0.1, -0.05) is 0 Å². The Bertz CT molecular complexity index is 549. The molecule has 8 heteroatoms. The molecule has 0 aromatic carbocycles. The van der Waals surface area contributed by atoms with Crippen LogP contribution in [0, 0.1) is 0 Å². The smallest absolute Gasteiger partial charge is 0.264 e. The molecule has 0 radical (unpaired) electrons. The van der Waals surface area contributed by atoms with Crippen LogP contribution in [0.15, 0.2) is 23.4 Å². The topological polar surface area (TPSA) is 117 Å². The molecule has 7 nitrogen and oxygen atoms in total. The molecule has 0 spiro atoms. The summed E-state index contributed by atoms with van der Waals surface area (Å²) in [5.74, 6) is -0.398. The van der Waals surface area contributed by atoms with Gasteiger partial charge in [-0.15, -0.1) is 0 Å². The second-order valence-electron chi connectivity index (χ2n) is 4.56. The van der Waals surface area contributed by atoms with Gasteiger partial charge >= 0.3 is 0 Å². The average Bonchev–Trinajstić information content (AvgIpc) is 2.53. The van der Waals surface area contributed by atoms with Gasteiger partial charge in [0.2, 0.25) is 5.03 Å². The van der Waals surface area contributed by atoms with Crippen LogP contribution in [0.5, 0.6) is 5.75 Å². The first kappa shape index (κ1) is 14.2. The van der Waals surface area contributed by atoms with Crippen LogP contribution < -0.4 is 5.73 Å². The molecular formula is C11H17N3O4S. The highest BCUT2D eigenvalue weighted by atomic mass is 32.2. The number of rotatable bonds is 2. The molecule has 106 valence electrons. The Labute approximate surface area is 111 Å². The van der Waals surface area contributed by atoms with Crippen molar-refractivity contribution >= 4 is 10.0 Å². The predicted octanol–water partition coefficient (Wildman–Crippen LogP) is -0.740. The molecule has 4 N–H and O–H groups in total. The summed E-state index contributed by atoms with van der Waals surface area (Å²) in [6, 6.07) is 2.28. The fourth-order valence-corrected chi connectivity index (χ4v) is 3.54. The molecule has 1 aromatic rings. The Morgan fingerprint density at radius 2 is 2.21 bits per heavy atom. The van der Waals surface area contributed by atoms with Crippen molar-refractivity contribution in [2.75, 3.05) is 13.1 Å². The number of aromatic hydroxyl groups is 1. The number of hydrogen-bond donors (Lipinski definition) is 3. The van der Waals surface area contributed by atoms with Crippen molar-refractivity contribution in [1.29, 1.82) is 0 Å². The van der Waals surface area contributed by atoms with E-state index in [0.717, 1.165) is 4.31 Å². The van der Waals surface area contributed by atoms with Gasteiger partial charge in [0.15, 0.2) is 5.75 Å². The minimum absolute atomic E-state index is 0.0838. The van der Waals surface area contributed by atoms with E-state index in [1.54, 1.807) is 0 Å². The van der Waals surface area contributed by atoms with Gasteiger partial charge in [0, 0.05) is 25.3 Å². The summed E-state index contributed by atoms with van der Waals surface area (Å²) in [5, 5.41) is 19.0. The van der Waals surface area contributed by atoms with Crippen molar-refractivity contribution in [1.82, 2.24) is 9.29 Å². The second-order valence-corrected chi connectivity index (χ2v) is 6.42. The molecule has 0 bridgehead atoms. The van der Waals surface area contributed by atoms with Crippen molar-refractivity contribution in [3.05, 3.63) is 18.3 Å². The van der Waals surface area contributed by atoms with Crippen molar-refractivity contribution in [2.24, 2.45) is 5.73 Å². The molecule has 0 aliphatic carbocycles. The van der Waals surface area contributed by atoms with Crippen LogP contribution in [-0.2, 0) is 10.0 Å². The van der Waals surface area contributed by atoms with E-state index in [-0.39, 0.29) is 13.1 Å². The summed E-state index contributed by atoms with van der Waals surface area (Å²) in [4.78, 5) is 3.71. The highest BCUT2D eigenvalue weighted by Crippen LogP contribution is 2.24. The number of nitrogens with zero attached hydrogens (tertiary/aromatic N) is 2. The van der Waals surface area contributed by atoms with Gasteiger partial charge in [-0.2, -0.15) is 4.31 Å². The maximum absolute atomic E-state index is 12.4. The van der Waals surface area contributed by atoms with E-state index >= 15 is 0 Å². The molecule has 1 aromatic heterocycles. The second kappa shape index (κ2) is 5.41. The number of aliphatic hydroxyl groups is 1. The van der Waals surface area contributed by atoms with E-state index in [9.17, 15) is 18.6 Å². The van der Waals surface area contributed by atoms with Gasteiger partial charge in [-0.25, -0.2) is 13.4 Å². The molecule has 1 fully saturated rings. The summed E-state index contributed by atoms with van der Waals surface area (Å²) < 4.78 is 25.8. The van der Waals surface area contributed by atoms with Crippen LogP contribution in [0.3, 0.4) is 0 Å². The molecule has 2 atom stereocenters. The van der Waals surface area contributed by atoms with Gasteiger partial charge in [0.1, 0.15) is 0 Å². The van der Waals surface area contributed by atoms with E-state index in [2.05, 4.69) is 4.98 Å². The first-order valence-corrected chi connectivity index (χ1v) is 7.44. The van der Waals surface area contributed by atoms with Gasteiger partial charge in [-0.05, 0) is 25.0 Å². The molecule has 2 unspecified atom stereocenters. The van der Waals surface area contributed by atoms with E-state index in [0.29, 0.717) is 12.8 Å². The lowest BCUT2D eigenvalue weighted by molar-refractivity contribution is 0.130. The van der Waals surface area contributed by atoms with Gasteiger partial charge < -0.3 is 15.9 Å². The third-order valence-electron chi connectivity index (χ3n) is 3.17. The number of β-amino-alcohol motifs (C(OH)–C–C–N with tert-alkyl or cyclic N) is 1. The lowest BCUT2D eigenvalue weighted by Crippen LogP contribution is -2.42. The molecule has 2 rings (SSSR count). The van der Waals surface area contributed by atoms with Crippen LogP contribution in [0.1, 0.15) is 12.8 Å². The van der Waals surface area contributed by atoms with Crippen LogP contribution in [0.2, 0.25) is 0 Å². The van der Waals surface area contributed by atoms with E-state index in [1.807, 2.05) is 0 Å². The third-order valence-corrected chi connectivity index (χ3v) is 4.98. The van der Waals surface area contributed by atoms with Gasteiger partial charge in [0.25, 0.3) is 10.0 Å². The Hall–Kier alpha value is -1.22. The third kappa shape index (κ3) is 2.86. The van der Waals surface area contributed by atoms with Crippen LogP contribution in [-0.4, -0.2) is 53.2 Å². The van der Waals surface area contributed by atoms with E-state index in [1.165, 1.54) is 18.3 Å².